The predicted molar refractivity (Wildman–Crippen MR) is 124 cm³/mol. The lowest BCUT2D eigenvalue weighted by molar-refractivity contribution is -0.385. The fourth-order valence-electron chi connectivity index (χ4n) is 4.67. The Bertz CT molecular complexity index is 1350. The lowest BCUT2D eigenvalue weighted by Gasteiger charge is -2.39. The molecule has 2 aromatic carbocycles. The average Bonchev–Trinajstić information content (AvgIpc) is 3.19. The van der Waals surface area contributed by atoms with Crippen LogP contribution in [0.2, 0.25) is 0 Å². The third-order valence-corrected chi connectivity index (χ3v) is 6.36. The van der Waals surface area contributed by atoms with Gasteiger partial charge in [0.25, 0.3) is 5.69 Å². The van der Waals surface area contributed by atoms with Gasteiger partial charge in [0.1, 0.15) is 0 Å². The standard InChI is InChI=1S/C26H21N3O6/c1-16-8-10-18(11-9-16)22-21(24(31)35-4)13-26(17(2)23(30)34-3,25(22,14-27)15-28)19-6-5-7-20(12-19)29(32)33/h5-12H,2,13H2,1,3-4H3/t26-/m1/s1. The highest BCUT2D eigenvalue weighted by molar-refractivity contribution is 6.06. The molecule has 0 amide bonds. The number of carbonyl (C=O) groups is 2. The molecule has 0 aliphatic heterocycles. The highest BCUT2D eigenvalue weighted by atomic mass is 16.6. The molecule has 0 radical (unpaired) electrons. The summed E-state index contributed by atoms with van der Waals surface area (Å²) < 4.78 is 9.86. The number of nitriles is 2. The van der Waals surface area contributed by atoms with Crippen molar-refractivity contribution >= 4 is 23.2 Å². The zero-order chi connectivity index (χ0) is 26.0. The van der Waals surface area contributed by atoms with Gasteiger partial charge in [0.2, 0.25) is 0 Å². The number of esters is 2. The van der Waals surface area contributed by atoms with Crippen LogP contribution >= 0.6 is 0 Å². The van der Waals surface area contributed by atoms with E-state index < -0.39 is 27.7 Å². The lowest BCUT2D eigenvalue weighted by Crippen LogP contribution is -2.45. The van der Waals surface area contributed by atoms with Crippen LogP contribution in [0.15, 0.2) is 66.3 Å². The summed E-state index contributed by atoms with van der Waals surface area (Å²) in [5, 5.41) is 32.7. The summed E-state index contributed by atoms with van der Waals surface area (Å²) in [5.41, 5.74) is -3.29. The van der Waals surface area contributed by atoms with Crippen molar-refractivity contribution in [2.45, 2.75) is 18.8 Å². The molecule has 3 rings (SSSR count). The Labute approximate surface area is 201 Å². The van der Waals surface area contributed by atoms with Crippen LogP contribution < -0.4 is 0 Å². The van der Waals surface area contributed by atoms with Gasteiger partial charge in [-0.2, -0.15) is 10.5 Å². The van der Waals surface area contributed by atoms with E-state index in [2.05, 4.69) is 6.58 Å². The number of non-ortho nitro benzene ring substituents is 1. The lowest BCUT2D eigenvalue weighted by atomic mass is 9.56. The van der Waals surface area contributed by atoms with Crippen LogP contribution in [0.5, 0.6) is 0 Å². The van der Waals surface area contributed by atoms with Crippen molar-refractivity contribution in [1.29, 1.82) is 10.5 Å². The molecule has 9 nitrogen and oxygen atoms in total. The number of rotatable bonds is 6. The molecule has 0 aromatic heterocycles. The Morgan fingerprint density at radius 1 is 1.09 bits per heavy atom. The Kier molecular flexibility index (Phi) is 6.57. The Balaban J connectivity index is 2.52. The first-order valence-corrected chi connectivity index (χ1v) is 10.4. The smallest absolute Gasteiger partial charge is 0.334 e. The van der Waals surface area contributed by atoms with Crippen molar-refractivity contribution in [2.24, 2.45) is 5.41 Å². The minimum absolute atomic E-state index is 0.0176. The van der Waals surface area contributed by atoms with E-state index in [4.69, 9.17) is 9.47 Å². The number of ether oxygens (including phenoxy) is 2. The van der Waals surface area contributed by atoms with Crippen LogP contribution in [0.3, 0.4) is 0 Å². The number of benzene rings is 2. The van der Waals surface area contributed by atoms with E-state index in [1.807, 2.05) is 19.1 Å². The van der Waals surface area contributed by atoms with Gasteiger partial charge in [-0.05, 0) is 24.5 Å². The maximum absolute atomic E-state index is 13.0. The van der Waals surface area contributed by atoms with Crippen LogP contribution in [0.25, 0.3) is 5.57 Å². The van der Waals surface area contributed by atoms with Crippen LogP contribution in [-0.4, -0.2) is 31.1 Å². The number of nitro groups is 1. The van der Waals surface area contributed by atoms with E-state index in [1.165, 1.54) is 24.3 Å². The molecule has 0 bridgehead atoms. The number of nitro benzene ring substituents is 1. The van der Waals surface area contributed by atoms with Gasteiger partial charge in [0.05, 0.1) is 36.7 Å². The first-order valence-electron chi connectivity index (χ1n) is 10.4. The van der Waals surface area contributed by atoms with E-state index >= 15 is 0 Å². The Morgan fingerprint density at radius 3 is 2.23 bits per heavy atom. The number of allylic oxidation sites excluding steroid dienone is 1. The van der Waals surface area contributed by atoms with Crippen molar-refractivity contribution in [3.05, 3.63) is 93.1 Å². The normalized spacial score (nSPS) is 18.2. The summed E-state index contributed by atoms with van der Waals surface area (Å²) in [5.74, 6) is -1.74. The van der Waals surface area contributed by atoms with Gasteiger partial charge in [0.15, 0.2) is 5.41 Å². The number of methoxy groups -OCH3 is 2. The molecule has 0 unspecified atom stereocenters. The van der Waals surface area contributed by atoms with E-state index in [0.29, 0.717) is 5.56 Å². The van der Waals surface area contributed by atoms with Gasteiger partial charge in [-0.25, -0.2) is 9.59 Å². The van der Waals surface area contributed by atoms with E-state index in [1.54, 1.807) is 24.3 Å². The Morgan fingerprint density at radius 2 is 1.71 bits per heavy atom. The van der Waals surface area contributed by atoms with E-state index in [0.717, 1.165) is 19.8 Å². The molecule has 0 saturated carbocycles. The van der Waals surface area contributed by atoms with E-state index in [9.17, 15) is 30.2 Å². The van der Waals surface area contributed by atoms with Gasteiger partial charge < -0.3 is 9.47 Å². The molecule has 0 spiro atoms. The van der Waals surface area contributed by atoms with Crippen LogP contribution in [-0.2, 0) is 24.5 Å². The summed E-state index contributed by atoms with van der Waals surface area (Å²) in [6, 6.07) is 16.1. The Hall–Kier alpha value is -4.76. The first-order chi connectivity index (χ1) is 16.6. The molecule has 176 valence electrons. The predicted octanol–water partition coefficient (Wildman–Crippen LogP) is 3.93. The molecule has 0 N–H and O–H groups in total. The maximum atomic E-state index is 13.0. The quantitative estimate of drug-likeness (QED) is 0.267. The van der Waals surface area contributed by atoms with Crippen LogP contribution in [0.4, 0.5) is 5.69 Å². The molecule has 1 aliphatic rings. The SMILES string of the molecule is C=C(C(=O)OC)[C@@]1(c2cccc([N+](=O)[O-])c2)CC(C(=O)OC)=C(c2ccc(C)cc2)C1(C#N)C#N. The van der Waals surface area contributed by atoms with Crippen molar-refractivity contribution < 1.29 is 24.0 Å². The largest absolute Gasteiger partial charge is 0.466 e. The van der Waals surface area contributed by atoms with Gasteiger partial charge in [-0.15, -0.1) is 0 Å². The number of aryl methyl sites for hydroxylation is 1. The summed E-state index contributed by atoms with van der Waals surface area (Å²) in [4.78, 5) is 36.7. The monoisotopic (exact) mass is 471 g/mol. The fourth-order valence-corrected chi connectivity index (χ4v) is 4.67. The molecule has 0 saturated heterocycles. The van der Waals surface area contributed by atoms with Gasteiger partial charge in [0, 0.05) is 28.9 Å². The highest BCUT2D eigenvalue weighted by Crippen LogP contribution is 2.63. The van der Waals surface area contributed by atoms with Gasteiger partial charge in [-0.3, -0.25) is 10.1 Å². The van der Waals surface area contributed by atoms with Gasteiger partial charge >= 0.3 is 11.9 Å². The van der Waals surface area contributed by atoms with Crippen molar-refractivity contribution in [3.63, 3.8) is 0 Å². The van der Waals surface area contributed by atoms with Crippen molar-refractivity contribution in [3.8, 4) is 12.1 Å². The van der Waals surface area contributed by atoms with Crippen LogP contribution in [0, 0.1) is 45.1 Å². The highest BCUT2D eigenvalue weighted by Gasteiger charge is 2.65. The number of hydrogen-bond acceptors (Lipinski definition) is 8. The third-order valence-electron chi connectivity index (χ3n) is 6.36. The summed E-state index contributed by atoms with van der Waals surface area (Å²) in [7, 11) is 2.27. The molecule has 0 fully saturated rings. The third kappa shape index (κ3) is 3.64. The van der Waals surface area contributed by atoms with Gasteiger partial charge in [-0.1, -0.05) is 48.5 Å². The second kappa shape index (κ2) is 9.24. The first kappa shape index (κ1) is 24.9. The summed E-state index contributed by atoms with van der Waals surface area (Å²) in [6.07, 6.45) is -0.348. The molecule has 0 heterocycles. The van der Waals surface area contributed by atoms with E-state index in [-0.39, 0.29) is 34.4 Å². The van der Waals surface area contributed by atoms with Crippen LogP contribution in [0.1, 0.15) is 23.1 Å². The topological polar surface area (TPSA) is 143 Å². The molecule has 1 aliphatic carbocycles. The minimum Gasteiger partial charge on any atom is -0.466 e. The second-order valence-electron chi connectivity index (χ2n) is 8.04. The fraction of sp³-hybridized carbons (Fsp3) is 0.231. The maximum Gasteiger partial charge on any atom is 0.334 e. The number of nitrogens with zero attached hydrogens (tertiary/aromatic N) is 3. The number of carbonyl (C=O) groups excluding carboxylic acids is 2. The molecular formula is C26H21N3O6. The molecule has 1 atom stereocenters. The molecular weight excluding hydrogens is 450 g/mol. The zero-order valence-electron chi connectivity index (χ0n) is 19.3. The van der Waals surface area contributed by atoms with Crippen molar-refractivity contribution in [2.75, 3.05) is 14.2 Å². The molecule has 2 aromatic rings. The second-order valence-corrected chi connectivity index (χ2v) is 8.04. The number of hydrogen-bond donors (Lipinski definition) is 0. The molecule has 35 heavy (non-hydrogen) atoms. The summed E-state index contributed by atoms with van der Waals surface area (Å²) >= 11 is 0. The van der Waals surface area contributed by atoms with Crippen molar-refractivity contribution in [1.82, 2.24) is 0 Å². The minimum atomic E-state index is -2.19. The zero-order valence-corrected chi connectivity index (χ0v) is 19.3. The molecule has 9 heteroatoms. The summed E-state index contributed by atoms with van der Waals surface area (Å²) in [6.45, 7) is 5.71. The average molecular weight is 471 g/mol.